The first-order valence-corrected chi connectivity index (χ1v) is 9.01. The van der Waals surface area contributed by atoms with Gasteiger partial charge in [-0.15, -0.1) is 0 Å². The zero-order valence-corrected chi connectivity index (χ0v) is 15.9. The first kappa shape index (κ1) is 18.6. The van der Waals surface area contributed by atoms with Crippen LogP contribution in [0.15, 0.2) is 66.1 Å². The number of para-hydroxylation sites is 1. The van der Waals surface area contributed by atoms with Crippen molar-refractivity contribution in [3.05, 3.63) is 86.8 Å². The summed E-state index contributed by atoms with van der Waals surface area (Å²) in [7, 11) is 0. The molecule has 0 unspecified atom stereocenters. The third-order valence-electron chi connectivity index (χ3n) is 4.57. The zero-order chi connectivity index (χ0) is 20.5. The Morgan fingerprint density at radius 1 is 1.24 bits per heavy atom. The second kappa shape index (κ2) is 7.36. The van der Waals surface area contributed by atoms with Crippen molar-refractivity contribution in [2.45, 2.75) is 13.0 Å². The fourth-order valence-electron chi connectivity index (χ4n) is 3.29. The van der Waals surface area contributed by atoms with E-state index in [9.17, 15) is 14.9 Å². The lowest BCUT2D eigenvalue weighted by molar-refractivity contribution is -0.385. The van der Waals surface area contributed by atoms with Gasteiger partial charge in [0.25, 0.3) is 11.6 Å². The van der Waals surface area contributed by atoms with Crippen molar-refractivity contribution in [2.75, 3.05) is 10.6 Å². The molecule has 1 aliphatic heterocycles. The van der Waals surface area contributed by atoms with Gasteiger partial charge in [0.15, 0.2) is 0 Å². The molecule has 3 aromatic rings. The topological polar surface area (TPSA) is 115 Å². The Morgan fingerprint density at radius 2 is 1.97 bits per heavy atom. The summed E-state index contributed by atoms with van der Waals surface area (Å²) >= 11 is 5.90. The Hall–Kier alpha value is -3.72. The number of hydrogen-bond acceptors (Lipinski definition) is 6. The molecule has 0 saturated carbocycles. The fourth-order valence-corrected chi connectivity index (χ4v) is 3.42. The van der Waals surface area contributed by atoms with Crippen molar-refractivity contribution < 1.29 is 9.72 Å². The van der Waals surface area contributed by atoms with Gasteiger partial charge in [-0.2, -0.15) is 10.1 Å². The predicted octanol–water partition coefficient (Wildman–Crippen LogP) is 3.77. The Morgan fingerprint density at radius 3 is 2.69 bits per heavy atom. The normalized spacial score (nSPS) is 15.4. The molecular formula is C19H15ClN6O3. The van der Waals surface area contributed by atoms with E-state index in [0.717, 1.165) is 0 Å². The number of fused-ring (bicyclic) bond motifs is 1. The van der Waals surface area contributed by atoms with Gasteiger partial charge >= 0.3 is 0 Å². The molecule has 0 radical (unpaired) electrons. The van der Waals surface area contributed by atoms with Gasteiger partial charge in [-0.05, 0) is 37.3 Å². The maximum Gasteiger partial charge on any atom is 0.275 e. The summed E-state index contributed by atoms with van der Waals surface area (Å²) in [5, 5.41) is 22.2. The molecule has 2 N–H and O–H groups in total. The number of carbonyl (C=O) groups is 1. The Labute approximate surface area is 170 Å². The van der Waals surface area contributed by atoms with Crippen LogP contribution in [0.25, 0.3) is 0 Å². The minimum absolute atomic E-state index is 0.106. The Balaban J connectivity index is 1.81. The highest BCUT2D eigenvalue weighted by atomic mass is 35.5. The third kappa shape index (κ3) is 3.43. The molecule has 4 rings (SSSR count). The number of nitrogens with one attached hydrogen (secondary N) is 2. The van der Waals surface area contributed by atoms with E-state index in [1.165, 1.54) is 17.1 Å². The summed E-state index contributed by atoms with van der Waals surface area (Å²) in [6.07, 6.45) is 1.33. The van der Waals surface area contributed by atoms with Gasteiger partial charge in [0.1, 0.15) is 12.4 Å². The number of amides is 1. The number of nitro benzene ring substituents is 1. The largest absolute Gasteiger partial charge is 0.328 e. The minimum atomic E-state index is -0.817. The molecule has 2 aromatic carbocycles. The van der Waals surface area contributed by atoms with Crippen LogP contribution in [0.3, 0.4) is 0 Å². The van der Waals surface area contributed by atoms with Gasteiger partial charge < -0.3 is 10.6 Å². The molecule has 1 atom stereocenters. The highest BCUT2D eigenvalue weighted by Gasteiger charge is 2.36. The van der Waals surface area contributed by atoms with E-state index in [2.05, 4.69) is 20.7 Å². The first-order valence-electron chi connectivity index (χ1n) is 8.63. The molecule has 29 heavy (non-hydrogen) atoms. The number of anilines is 2. The maximum absolute atomic E-state index is 13.2. The van der Waals surface area contributed by atoms with Crippen molar-refractivity contribution in [1.29, 1.82) is 0 Å². The van der Waals surface area contributed by atoms with Gasteiger partial charge in [0, 0.05) is 22.5 Å². The van der Waals surface area contributed by atoms with Crippen LogP contribution in [0.5, 0.6) is 0 Å². The molecule has 10 heteroatoms. The molecule has 0 saturated heterocycles. The molecule has 0 bridgehead atoms. The summed E-state index contributed by atoms with van der Waals surface area (Å²) in [5.41, 5.74) is 1.61. The smallest absolute Gasteiger partial charge is 0.275 e. The van der Waals surface area contributed by atoms with Crippen LogP contribution in [-0.4, -0.2) is 25.6 Å². The molecule has 0 spiro atoms. The highest BCUT2D eigenvalue weighted by molar-refractivity contribution is 6.30. The lowest BCUT2D eigenvalue weighted by atomic mass is 9.93. The number of halogens is 1. The van der Waals surface area contributed by atoms with Gasteiger partial charge in [-0.1, -0.05) is 23.7 Å². The lowest BCUT2D eigenvalue weighted by Gasteiger charge is -2.28. The van der Waals surface area contributed by atoms with Crippen molar-refractivity contribution in [3.8, 4) is 0 Å². The van der Waals surface area contributed by atoms with E-state index < -0.39 is 16.9 Å². The molecule has 1 aromatic heterocycles. The number of aromatic nitrogens is 3. The summed E-state index contributed by atoms with van der Waals surface area (Å²) in [4.78, 5) is 28.5. The average Bonchev–Trinajstić information content (AvgIpc) is 3.16. The van der Waals surface area contributed by atoms with Crippen LogP contribution in [0.4, 0.5) is 17.3 Å². The summed E-state index contributed by atoms with van der Waals surface area (Å²) in [6, 6.07) is 12.1. The van der Waals surface area contributed by atoms with Crippen LogP contribution < -0.4 is 10.6 Å². The maximum atomic E-state index is 13.2. The van der Waals surface area contributed by atoms with E-state index in [-0.39, 0.29) is 5.69 Å². The Kier molecular flexibility index (Phi) is 4.73. The Bertz CT molecular complexity index is 1140. The van der Waals surface area contributed by atoms with E-state index in [4.69, 9.17) is 11.6 Å². The monoisotopic (exact) mass is 410 g/mol. The quantitative estimate of drug-likeness (QED) is 0.499. The molecular weight excluding hydrogens is 396 g/mol. The van der Waals surface area contributed by atoms with E-state index in [1.807, 2.05) is 0 Å². The van der Waals surface area contributed by atoms with E-state index in [1.54, 1.807) is 49.4 Å². The van der Waals surface area contributed by atoms with Crippen molar-refractivity contribution in [1.82, 2.24) is 14.8 Å². The average molecular weight is 411 g/mol. The molecule has 2 heterocycles. The predicted molar refractivity (Wildman–Crippen MR) is 108 cm³/mol. The second-order valence-corrected chi connectivity index (χ2v) is 6.81. The first-order chi connectivity index (χ1) is 14.0. The number of benzene rings is 2. The molecule has 9 nitrogen and oxygen atoms in total. The number of hydrogen-bond donors (Lipinski definition) is 2. The summed E-state index contributed by atoms with van der Waals surface area (Å²) in [5.74, 6) is -0.0182. The van der Waals surface area contributed by atoms with E-state index in [0.29, 0.717) is 33.5 Å². The molecule has 1 amide bonds. The van der Waals surface area contributed by atoms with Crippen molar-refractivity contribution >= 4 is 34.8 Å². The van der Waals surface area contributed by atoms with Crippen LogP contribution in [0.2, 0.25) is 5.02 Å². The van der Waals surface area contributed by atoms with Crippen LogP contribution in [-0.2, 0) is 4.79 Å². The van der Waals surface area contributed by atoms with Crippen molar-refractivity contribution in [3.63, 3.8) is 0 Å². The van der Waals surface area contributed by atoms with Crippen molar-refractivity contribution in [2.24, 2.45) is 0 Å². The standard InChI is InChI=1S/C19H15ClN6O3/c1-11-16(18(27)24-13-8-6-12(20)7-9-13)17(25-19(23-11)21-10-22-25)14-4-2-3-5-15(14)26(28)29/h2-10,17H,1H3,(H,24,27)(H,21,22,23)/t17-/m1/s1. The lowest BCUT2D eigenvalue weighted by Crippen LogP contribution is -2.31. The van der Waals surface area contributed by atoms with Gasteiger partial charge in [-0.25, -0.2) is 4.68 Å². The number of nitro groups is 1. The zero-order valence-electron chi connectivity index (χ0n) is 15.2. The fraction of sp³-hybridized carbons (Fsp3) is 0.105. The van der Waals surface area contributed by atoms with Crippen LogP contribution in [0.1, 0.15) is 18.5 Å². The van der Waals surface area contributed by atoms with E-state index >= 15 is 0 Å². The number of allylic oxidation sites excluding steroid dienone is 1. The van der Waals surface area contributed by atoms with Gasteiger partial charge in [0.2, 0.25) is 5.95 Å². The molecule has 1 aliphatic rings. The molecule has 0 aliphatic carbocycles. The minimum Gasteiger partial charge on any atom is -0.328 e. The van der Waals surface area contributed by atoms with Gasteiger partial charge in [-0.3, -0.25) is 14.9 Å². The van der Waals surface area contributed by atoms with Gasteiger partial charge in [0.05, 0.1) is 16.1 Å². The SMILES string of the molecule is CC1=C(C(=O)Nc2ccc(Cl)cc2)[C@@H](c2ccccc2[N+](=O)[O-])n2ncnc2N1. The summed E-state index contributed by atoms with van der Waals surface area (Å²) < 4.78 is 1.46. The molecule has 146 valence electrons. The number of rotatable bonds is 4. The second-order valence-electron chi connectivity index (χ2n) is 6.37. The summed E-state index contributed by atoms with van der Waals surface area (Å²) in [6.45, 7) is 1.72. The number of nitrogens with zero attached hydrogens (tertiary/aromatic N) is 4. The molecule has 0 fully saturated rings. The number of carbonyl (C=O) groups excluding carboxylic acids is 1. The van der Waals surface area contributed by atoms with Crippen LogP contribution in [0, 0.1) is 10.1 Å². The third-order valence-corrected chi connectivity index (χ3v) is 4.82. The highest BCUT2D eigenvalue weighted by Crippen LogP contribution is 2.38. The van der Waals surface area contributed by atoms with Crippen LogP contribution >= 0.6 is 11.6 Å².